The monoisotopic (exact) mass is 293 g/mol. The number of rotatable bonds is 4. The van der Waals surface area contributed by atoms with Crippen molar-refractivity contribution in [3.05, 3.63) is 18.2 Å². The van der Waals surface area contributed by atoms with Gasteiger partial charge in [-0.15, -0.1) is 0 Å². The van der Waals surface area contributed by atoms with E-state index in [1.165, 1.54) is 0 Å². The Bertz CT molecular complexity index is 497. The van der Waals surface area contributed by atoms with Gasteiger partial charge in [0, 0.05) is 19.2 Å². The number of hydrogen-bond donors (Lipinski definition) is 2. The van der Waals surface area contributed by atoms with Crippen molar-refractivity contribution in [2.75, 3.05) is 37.8 Å². The maximum atomic E-state index is 12.1. The van der Waals surface area contributed by atoms with Crippen molar-refractivity contribution >= 4 is 17.3 Å². The smallest absolute Gasteiger partial charge is 0.238 e. The second-order valence-corrected chi connectivity index (χ2v) is 5.45. The van der Waals surface area contributed by atoms with E-state index in [9.17, 15) is 4.79 Å². The molecule has 1 fully saturated rings. The van der Waals surface area contributed by atoms with Gasteiger partial charge in [-0.2, -0.15) is 0 Å². The fourth-order valence-corrected chi connectivity index (χ4v) is 2.59. The van der Waals surface area contributed by atoms with Crippen LogP contribution in [0.1, 0.15) is 13.8 Å². The number of carbonyl (C=O) groups is 1. The highest BCUT2D eigenvalue weighted by Crippen LogP contribution is 2.24. The van der Waals surface area contributed by atoms with Gasteiger partial charge in [0.05, 0.1) is 37.2 Å². The highest BCUT2D eigenvalue weighted by molar-refractivity contribution is 5.95. The van der Waals surface area contributed by atoms with Gasteiger partial charge in [0.2, 0.25) is 5.91 Å². The molecule has 1 aliphatic heterocycles. The van der Waals surface area contributed by atoms with Crippen LogP contribution in [0.3, 0.4) is 0 Å². The third kappa shape index (κ3) is 4.34. The summed E-state index contributed by atoms with van der Waals surface area (Å²) >= 11 is 0. The molecule has 3 N–H and O–H groups in total. The molecule has 116 valence electrons. The zero-order valence-corrected chi connectivity index (χ0v) is 12.8. The van der Waals surface area contributed by atoms with Crippen LogP contribution in [-0.2, 0) is 9.53 Å². The molecule has 1 amide bonds. The van der Waals surface area contributed by atoms with Gasteiger partial charge in [-0.3, -0.25) is 9.69 Å². The predicted molar refractivity (Wildman–Crippen MR) is 82.5 cm³/mol. The van der Waals surface area contributed by atoms with Gasteiger partial charge in [-0.05, 0) is 26.0 Å². The Morgan fingerprint density at radius 1 is 1.43 bits per heavy atom. The van der Waals surface area contributed by atoms with Gasteiger partial charge in [-0.1, -0.05) is 0 Å². The Kier molecular flexibility index (Phi) is 5.03. The first kappa shape index (κ1) is 15.6. The van der Waals surface area contributed by atoms with Crippen LogP contribution in [0, 0.1) is 0 Å². The van der Waals surface area contributed by atoms with Crippen LogP contribution in [0.15, 0.2) is 18.2 Å². The molecule has 0 bridgehead atoms. The zero-order valence-electron chi connectivity index (χ0n) is 12.8. The number of hydrogen-bond acceptors (Lipinski definition) is 5. The van der Waals surface area contributed by atoms with Crippen LogP contribution in [-0.4, -0.2) is 49.8 Å². The number of nitrogens with one attached hydrogen (secondary N) is 1. The maximum Gasteiger partial charge on any atom is 0.238 e. The Morgan fingerprint density at radius 2 is 2.10 bits per heavy atom. The number of carbonyl (C=O) groups excluding carboxylic acids is 1. The summed E-state index contributed by atoms with van der Waals surface area (Å²) in [5.41, 5.74) is 6.99. The lowest BCUT2D eigenvalue weighted by atomic mass is 10.2. The number of amides is 1. The second-order valence-electron chi connectivity index (χ2n) is 5.45. The first-order chi connectivity index (χ1) is 9.97. The summed E-state index contributed by atoms with van der Waals surface area (Å²) in [7, 11) is 1.58. The number of ether oxygens (including phenoxy) is 2. The molecule has 1 saturated heterocycles. The van der Waals surface area contributed by atoms with Gasteiger partial charge in [-0.25, -0.2) is 0 Å². The van der Waals surface area contributed by atoms with E-state index in [0.29, 0.717) is 23.7 Å². The van der Waals surface area contributed by atoms with Gasteiger partial charge in [0.15, 0.2) is 0 Å². The molecule has 6 heteroatoms. The molecular formula is C15H23N3O3. The molecule has 1 aromatic rings. The van der Waals surface area contributed by atoms with E-state index in [1.54, 1.807) is 25.3 Å². The molecule has 1 aliphatic rings. The molecule has 2 rings (SSSR count). The van der Waals surface area contributed by atoms with E-state index >= 15 is 0 Å². The van der Waals surface area contributed by atoms with Gasteiger partial charge < -0.3 is 20.5 Å². The largest absolute Gasteiger partial charge is 0.497 e. The van der Waals surface area contributed by atoms with Crippen molar-refractivity contribution in [3.8, 4) is 5.75 Å². The second kappa shape index (κ2) is 6.78. The van der Waals surface area contributed by atoms with Crippen molar-refractivity contribution in [1.29, 1.82) is 0 Å². The summed E-state index contributed by atoms with van der Waals surface area (Å²) in [4.78, 5) is 14.2. The summed E-state index contributed by atoms with van der Waals surface area (Å²) in [5, 5.41) is 2.84. The lowest BCUT2D eigenvalue weighted by Crippen LogP contribution is -2.48. The third-order valence-electron chi connectivity index (χ3n) is 3.40. The summed E-state index contributed by atoms with van der Waals surface area (Å²) < 4.78 is 10.7. The zero-order chi connectivity index (χ0) is 15.4. The van der Waals surface area contributed by atoms with Crippen molar-refractivity contribution in [1.82, 2.24) is 4.90 Å². The van der Waals surface area contributed by atoms with Crippen LogP contribution in [0.4, 0.5) is 11.4 Å². The molecule has 21 heavy (non-hydrogen) atoms. The van der Waals surface area contributed by atoms with E-state index in [4.69, 9.17) is 15.2 Å². The molecule has 0 saturated carbocycles. The number of methoxy groups -OCH3 is 1. The molecule has 2 atom stereocenters. The Labute approximate surface area is 125 Å². The van der Waals surface area contributed by atoms with Crippen molar-refractivity contribution in [2.24, 2.45) is 0 Å². The average Bonchev–Trinajstić information content (AvgIpc) is 2.39. The number of nitrogen functional groups attached to an aromatic ring is 1. The highest BCUT2D eigenvalue weighted by atomic mass is 16.5. The lowest BCUT2D eigenvalue weighted by molar-refractivity contribution is -0.121. The molecule has 1 heterocycles. The maximum absolute atomic E-state index is 12.1. The first-order valence-electron chi connectivity index (χ1n) is 7.09. The van der Waals surface area contributed by atoms with E-state index in [-0.39, 0.29) is 18.1 Å². The number of morpholine rings is 1. The third-order valence-corrected chi connectivity index (χ3v) is 3.40. The molecule has 0 aromatic heterocycles. The summed E-state index contributed by atoms with van der Waals surface area (Å²) in [5.74, 6) is 0.592. The normalized spacial score (nSPS) is 22.8. The number of benzene rings is 1. The quantitative estimate of drug-likeness (QED) is 0.819. The predicted octanol–water partition coefficient (Wildman–Crippen LogP) is 1.33. The van der Waals surface area contributed by atoms with Crippen molar-refractivity contribution < 1.29 is 14.3 Å². The lowest BCUT2D eigenvalue weighted by Gasteiger charge is -2.34. The van der Waals surface area contributed by atoms with E-state index in [0.717, 1.165) is 13.1 Å². The SMILES string of the molecule is COc1ccc(NC(=O)CN2CC(C)OC(C)C2)c(N)c1. The molecule has 2 unspecified atom stereocenters. The van der Waals surface area contributed by atoms with Crippen LogP contribution >= 0.6 is 0 Å². The number of anilines is 2. The van der Waals surface area contributed by atoms with Crippen LogP contribution in [0.5, 0.6) is 5.75 Å². The summed E-state index contributed by atoms with van der Waals surface area (Å²) in [6.07, 6.45) is 0.292. The van der Waals surface area contributed by atoms with Gasteiger partial charge in [0.1, 0.15) is 5.75 Å². The van der Waals surface area contributed by atoms with Crippen LogP contribution in [0.2, 0.25) is 0 Å². The molecular weight excluding hydrogens is 270 g/mol. The van der Waals surface area contributed by atoms with E-state index in [1.807, 2.05) is 13.8 Å². The minimum Gasteiger partial charge on any atom is -0.497 e. The molecule has 6 nitrogen and oxygen atoms in total. The van der Waals surface area contributed by atoms with E-state index < -0.39 is 0 Å². The standard InChI is InChI=1S/C15H23N3O3/c1-10-7-18(8-11(2)21-10)9-15(19)17-14-5-4-12(20-3)6-13(14)16/h4-6,10-11H,7-9,16H2,1-3H3,(H,17,19). The van der Waals surface area contributed by atoms with Gasteiger partial charge in [0.25, 0.3) is 0 Å². The minimum absolute atomic E-state index is 0.0758. The Balaban J connectivity index is 1.92. The number of nitrogens with two attached hydrogens (primary N) is 1. The fourth-order valence-electron chi connectivity index (χ4n) is 2.59. The highest BCUT2D eigenvalue weighted by Gasteiger charge is 2.23. The van der Waals surface area contributed by atoms with E-state index in [2.05, 4.69) is 10.2 Å². The molecule has 1 aromatic carbocycles. The first-order valence-corrected chi connectivity index (χ1v) is 7.09. The number of nitrogens with zero attached hydrogens (tertiary/aromatic N) is 1. The van der Waals surface area contributed by atoms with Crippen molar-refractivity contribution in [2.45, 2.75) is 26.1 Å². The summed E-state index contributed by atoms with van der Waals surface area (Å²) in [6, 6.07) is 5.20. The Hall–Kier alpha value is -1.79. The fraction of sp³-hybridized carbons (Fsp3) is 0.533. The molecule has 0 aliphatic carbocycles. The van der Waals surface area contributed by atoms with Gasteiger partial charge >= 0.3 is 0 Å². The Morgan fingerprint density at radius 3 is 2.67 bits per heavy atom. The van der Waals surface area contributed by atoms with Crippen LogP contribution in [0.25, 0.3) is 0 Å². The minimum atomic E-state index is -0.0758. The van der Waals surface area contributed by atoms with Crippen LogP contribution < -0.4 is 15.8 Å². The molecule has 0 spiro atoms. The topological polar surface area (TPSA) is 76.8 Å². The molecule has 0 radical (unpaired) electrons. The van der Waals surface area contributed by atoms with Crippen molar-refractivity contribution in [3.63, 3.8) is 0 Å². The summed E-state index contributed by atoms with van der Waals surface area (Å²) in [6.45, 7) is 5.89. The average molecular weight is 293 g/mol.